The summed E-state index contributed by atoms with van der Waals surface area (Å²) in [5, 5.41) is 25.0. The lowest BCUT2D eigenvalue weighted by atomic mass is 10.1. The predicted molar refractivity (Wildman–Crippen MR) is 106 cm³/mol. The van der Waals surface area contributed by atoms with Gasteiger partial charge in [-0.2, -0.15) is 10.4 Å². The average Bonchev–Trinajstić information content (AvgIpc) is 3.33. The Balaban J connectivity index is 1.81. The number of fused-ring (bicyclic) bond motifs is 1. The van der Waals surface area contributed by atoms with Crippen LogP contribution >= 0.6 is 0 Å². The molecule has 4 heterocycles. The first-order valence-corrected chi connectivity index (χ1v) is 8.89. The zero-order chi connectivity index (χ0) is 20.8. The van der Waals surface area contributed by atoms with E-state index >= 15 is 0 Å². The third-order valence-corrected chi connectivity index (χ3v) is 4.75. The molecule has 0 aliphatic heterocycles. The summed E-state index contributed by atoms with van der Waals surface area (Å²) in [6.07, 6.45) is 8.35. The number of aromatic nitrogens is 6. The lowest BCUT2D eigenvalue weighted by Crippen LogP contribution is -2.24. The van der Waals surface area contributed by atoms with Crippen molar-refractivity contribution in [2.45, 2.75) is 26.3 Å². The minimum Gasteiger partial charge on any atom is -0.494 e. The van der Waals surface area contributed by atoms with Gasteiger partial charge >= 0.3 is 6.01 Å². The Hall–Kier alpha value is -3.93. The van der Waals surface area contributed by atoms with E-state index in [9.17, 15) is 10.4 Å². The first kappa shape index (κ1) is 18.4. The van der Waals surface area contributed by atoms with Gasteiger partial charge in [0.2, 0.25) is 5.88 Å². The van der Waals surface area contributed by atoms with Crippen molar-refractivity contribution >= 4 is 10.9 Å². The van der Waals surface area contributed by atoms with Crippen LogP contribution in [-0.2, 0) is 5.54 Å². The van der Waals surface area contributed by atoms with Crippen LogP contribution in [0.5, 0.6) is 11.9 Å². The van der Waals surface area contributed by atoms with E-state index in [1.165, 1.54) is 7.11 Å². The first-order chi connectivity index (χ1) is 13.8. The van der Waals surface area contributed by atoms with Crippen LogP contribution < -0.4 is 4.74 Å². The average molecular weight is 389 g/mol. The Bertz CT molecular complexity index is 1250. The van der Waals surface area contributed by atoms with Crippen molar-refractivity contribution < 1.29 is 9.84 Å². The van der Waals surface area contributed by atoms with E-state index < -0.39 is 5.54 Å². The summed E-state index contributed by atoms with van der Waals surface area (Å²) in [6, 6.07) is 4.36. The molecular weight excluding hydrogens is 370 g/mol. The second-order valence-electron chi connectivity index (χ2n) is 7.18. The SMILES string of the molecule is COc1ncc(-c2cc(C)c3c(O)n(-c4cnn(C(C)(C)C#N)c4)cc3n2)cn1. The Labute approximate surface area is 166 Å². The van der Waals surface area contributed by atoms with E-state index in [0.717, 1.165) is 11.1 Å². The van der Waals surface area contributed by atoms with Gasteiger partial charge in [0.05, 0.1) is 47.9 Å². The summed E-state index contributed by atoms with van der Waals surface area (Å²) in [5.74, 6) is 0.0665. The third kappa shape index (κ3) is 3.04. The highest BCUT2D eigenvalue weighted by molar-refractivity contribution is 5.90. The lowest BCUT2D eigenvalue weighted by molar-refractivity contribution is 0.380. The molecule has 0 aromatic carbocycles. The van der Waals surface area contributed by atoms with E-state index in [4.69, 9.17) is 4.74 Å². The van der Waals surface area contributed by atoms with Crippen molar-refractivity contribution in [1.82, 2.24) is 29.3 Å². The summed E-state index contributed by atoms with van der Waals surface area (Å²) in [6.45, 7) is 5.44. The molecule has 9 heteroatoms. The minimum absolute atomic E-state index is 0.0665. The van der Waals surface area contributed by atoms with Crippen LogP contribution in [0.3, 0.4) is 0 Å². The molecular formula is C20H19N7O2. The van der Waals surface area contributed by atoms with Gasteiger partial charge in [-0.05, 0) is 32.4 Å². The van der Waals surface area contributed by atoms with Crippen molar-refractivity contribution in [2.75, 3.05) is 7.11 Å². The highest BCUT2D eigenvalue weighted by atomic mass is 16.5. The van der Waals surface area contributed by atoms with Gasteiger partial charge in [-0.3, -0.25) is 9.25 Å². The van der Waals surface area contributed by atoms with Crippen LogP contribution in [0.2, 0.25) is 0 Å². The maximum Gasteiger partial charge on any atom is 0.316 e. The van der Waals surface area contributed by atoms with Crippen LogP contribution in [0.1, 0.15) is 19.4 Å². The van der Waals surface area contributed by atoms with Gasteiger partial charge in [-0.1, -0.05) is 0 Å². The Morgan fingerprint density at radius 1 is 1.17 bits per heavy atom. The van der Waals surface area contributed by atoms with E-state index in [1.54, 1.807) is 54.1 Å². The second kappa shape index (κ2) is 6.60. The number of hydrogen-bond donors (Lipinski definition) is 1. The van der Waals surface area contributed by atoms with Crippen LogP contribution in [0, 0.1) is 18.3 Å². The number of nitriles is 1. The molecule has 4 aromatic rings. The molecule has 0 saturated carbocycles. The van der Waals surface area contributed by atoms with Crippen LogP contribution in [0.15, 0.2) is 37.1 Å². The molecule has 0 fully saturated rings. The molecule has 0 radical (unpaired) electrons. The number of methoxy groups -OCH3 is 1. The Morgan fingerprint density at radius 2 is 1.90 bits per heavy atom. The van der Waals surface area contributed by atoms with E-state index in [1.807, 2.05) is 13.0 Å². The smallest absolute Gasteiger partial charge is 0.316 e. The largest absolute Gasteiger partial charge is 0.494 e. The number of nitrogens with zero attached hydrogens (tertiary/aromatic N) is 7. The second-order valence-corrected chi connectivity index (χ2v) is 7.18. The van der Waals surface area contributed by atoms with Crippen molar-refractivity contribution in [3.05, 3.63) is 42.6 Å². The summed E-state index contributed by atoms with van der Waals surface area (Å²) >= 11 is 0. The molecule has 0 atom stereocenters. The zero-order valence-corrected chi connectivity index (χ0v) is 16.5. The number of hydrogen-bond acceptors (Lipinski definition) is 7. The number of ether oxygens (including phenoxy) is 1. The molecule has 0 bridgehead atoms. The van der Waals surface area contributed by atoms with Crippen LogP contribution in [0.25, 0.3) is 27.8 Å². The zero-order valence-electron chi connectivity index (χ0n) is 16.5. The maximum atomic E-state index is 10.8. The van der Waals surface area contributed by atoms with Crippen LogP contribution in [0.4, 0.5) is 0 Å². The molecule has 4 aromatic heterocycles. The highest BCUT2D eigenvalue weighted by Gasteiger charge is 2.22. The molecule has 9 nitrogen and oxygen atoms in total. The van der Waals surface area contributed by atoms with E-state index in [2.05, 4.69) is 26.1 Å². The van der Waals surface area contributed by atoms with Crippen molar-refractivity contribution in [3.8, 4) is 34.9 Å². The fraction of sp³-hybridized carbons (Fsp3) is 0.250. The van der Waals surface area contributed by atoms with Gasteiger partial charge in [0.25, 0.3) is 0 Å². The molecule has 0 aliphatic rings. The molecule has 0 amide bonds. The summed E-state index contributed by atoms with van der Waals surface area (Å²) in [4.78, 5) is 12.9. The number of aryl methyl sites for hydroxylation is 1. The maximum absolute atomic E-state index is 10.8. The van der Waals surface area contributed by atoms with Crippen LogP contribution in [-0.4, -0.2) is 41.5 Å². The monoisotopic (exact) mass is 389 g/mol. The summed E-state index contributed by atoms with van der Waals surface area (Å²) < 4.78 is 8.16. The molecule has 0 saturated heterocycles. The molecule has 1 N–H and O–H groups in total. The molecule has 0 spiro atoms. The highest BCUT2D eigenvalue weighted by Crippen LogP contribution is 2.34. The first-order valence-electron chi connectivity index (χ1n) is 8.89. The lowest BCUT2D eigenvalue weighted by Gasteiger charge is -2.15. The molecule has 146 valence electrons. The van der Waals surface area contributed by atoms with E-state index in [-0.39, 0.29) is 11.9 Å². The van der Waals surface area contributed by atoms with Gasteiger partial charge in [0.1, 0.15) is 5.54 Å². The fourth-order valence-electron chi connectivity index (χ4n) is 3.08. The van der Waals surface area contributed by atoms with Crippen molar-refractivity contribution in [1.29, 1.82) is 5.26 Å². The quantitative estimate of drug-likeness (QED) is 0.570. The minimum atomic E-state index is -0.795. The Kier molecular flexibility index (Phi) is 4.19. The van der Waals surface area contributed by atoms with Crippen molar-refractivity contribution in [2.24, 2.45) is 0 Å². The predicted octanol–water partition coefficient (Wildman–Crippen LogP) is 2.96. The Morgan fingerprint density at radius 3 is 2.55 bits per heavy atom. The molecule has 0 aliphatic carbocycles. The third-order valence-electron chi connectivity index (χ3n) is 4.75. The number of aromatic hydroxyl groups is 1. The van der Waals surface area contributed by atoms with Crippen molar-refractivity contribution in [3.63, 3.8) is 0 Å². The topological polar surface area (TPSA) is 115 Å². The van der Waals surface area contributed by atoms with Gasteiger partial charge in [0.15, 0.2) is 0 Å². The van der Waals surface area contributed by atoms with Gasteiger partial charge in [0, 0.05) is 24.2 Å². The molecule has 4 rings (SSSR count). The van der Waals surface area contributed by atoms with Gasteiger partial charge < -0.3 is 9.84 Å². The normalized spacial score (nSPS) is 11.6. The standard InChI is InChI=1S/C20H19N7O2/c1-12-5-15(13-6-22-19(29-4)23-7-13)25-16-10-26(18(28)17(12)16)14-8-24-27(9-14)20(2,3)11-21/h5-10,28H,1-4H3. The molecule has 29 heavy (non-hydrogen) atoms. The number of rotatable bonds is 4. The summed E-state index contributed by atoms with van der Waals surface area (Å²) in [5.41, 5.74) is 2.76. The summed E-state index contributed by atoms with van der Waals surface area (Å²) in [7, 11) is 1.51. The van der Waals surface area contributed by atoms with Gasteiger partial charge in [-0.25, -0.2) is 15.0 Å². The van der Waals surface area contributed by atoms with Gasteiger partial charge in [-0.15, -0.1) is 0 Å². The van der Waals surface area contributed by atoms with E-state index in [0.29, 0.717) is 22.3 Å². The molecule has 0 unspecified atom stereocenters. The fourth-order valence-corrected chi connectivity index (χ4v) is 3.08. The number of pyridine rings is 1.